The topological polar surface area (TPSA) is 77.7 Å². The number of nitrogens with zero attached hydrogens (tertiary/aromatic N) is 4. The molecule has 3 heterocycles. The summed E-state index contributed by atoms with van der Waals surface area (Å²) in [5.74, 6) is 1.87. The van der Waals surface area contributed by atoms with E-state index in [4.69, 9.17) is 4.98 Å². The monoisotopic (exact) mass is 485 g/mol. The Labute approximate surface area is 215 Å². The SMILES string of the molecule is N#Cc1ccc2nc(-c3ccc(-c4ccc5cc[nH]c5c4)cc3)n(CC3CCN(C(=O)C4CC4)C3)c2c1. The fraction of sp³-hybridized carbons (Fsp3) is 0.258. The number of aromatic amines is 1. The number of H-pyrrole nitrogens is 1. The third kappa shape index (κ3) is 3.97. The zero-order valence-electron chi connectivity index (χ0n) is 20.5. The molecule has 2 fully saturated rings. The molecule has 7 rings (SSSR count). The van der Waals surface area contributed by atoms with Gasteiger partial charge in [-0.3, -0.25) is 4.79 Å². The Morgan fingerprint density at radius 2 is 1.78 bits per heavy atom. The van der Waals surface area contributed by atoms with Crippen LogP contribution in [-0.2, 0) is 11.3 Å². The fourth-order valence-electron chi connectivity index (χ4n) is 5.67. The Morgan fingerprint density at radius 3 is 2.59 bits per heavy atom. The molecule has 6 nitrogen and oxygen atoms in total. The molecule has 0 spiro atoms. The van der Waals surface area contributed by atoms with Gasteiger partial charge >= 0.3 is 0 Å². The van der Waals surface area contributed by atoms with Crippen LogP contribution < -0.4 is 0 Å². The molecular formula is C31H27N5O. The lowest BCUT2D eigenvalue weighted by molar-refractivity contribution is -0.131. The minimum atomic E-state index is 0.262. The number of amides is 1. The minimum absolute atomic E-state index is 0.262. The van der Waals surface area contributed by atoms with Crippen LogP contribution in [0.4, 0.5) is 0 Å². The van der Waals surface area contributed by atoms with Crippen molar-refractivity contribution in [3.8, 4) is 28.6 Å². The smallest absolute Gasteiger partial charge is 0.225 e. The molecule has 0 radical (unpaired) electrons. The summed E-state index contributed by atoms with van der Waals surface area (Å²) in [5, 5.41) is 10.7. The van der Waals surface area contributed by atoms with Gasteiger partial charge in [-0.15, -0.1) is 0 Å². The van der Waals surface area contributed by atoms with Crippen LogP contribution in [0.3, 0.4) is 0 Å². The lowest BCUT2D eigenvalue weighted by Crippen LogP contribution is -2.30. The second-order valence-corrected chi connectivity index (χ2v) is 10.4. The number of likely N-dealkylation sites (tertiary alicyclic amines) is 1. The number of hydrogen-bond acceptors (Lipinski definition) is 3. The average molecular weight is 486 g/mol. The molecule has 3 aromatic carbocycles. The third-order valence-corrected chi connectivity index (χ3v) is 7.87. The van der Waals surface area contributed by atoms with Gasteiger partial charge in [0.05, 0.1) is 22.7 Å². The van der Waals surface area contributed by atoms with Gasteiger partial charge in [0, 0.05) is 42.8 Å². The van der Waals surface area contributed by atoms with E-state index in [2.05, 4.69) is 69.1 Å². The maximum atomic E-state index is 12.6. The molecular weight excluding hydrogens is 458 g/mol. The highest BCUT2D eigenvalue weighted by Gasteiger charge is 2.36. The van der Waals surface area contributed by atoms with Crippen molar-refractivity contribution < 1.29 is 4.79 Å². The number of aromatic nitrogens is 3. The predicted octanol–water partition coefficient (Wildman–Crippen LogP) is 5.98. The molecule has 1 N–H and O–H groups in total. The van der Waals surface area contributed by atoms with Crippen molar-refractivity contribution in [2.45, 2.75) is 25.8 Å². The van der Waals surface area contributed by atoms with E-state index in [1.165, 1.54) is 10.9 Å². The molecule has 5 aromatic rings. The molecule has 6 heteroatoms. The highest BCUT2D eigenvalue weighted by atomic mass is 16.2. The summed E-state index contributed by atoms with van der Waals surface area (Å²) >= 11 is 0. The van der Waals surface area contributed by atoms with Gasteiger partial charge in [0.1, 0.15) is 5.82 Å². The van der Waals surface area contributed by atoms with Gasteiger partial charge in [-0.1, -0.05) is 36.4 Å². The molecule has 2 aliphatic rings. The average Bonchev–Trinajstić information content (AvgIpc) is 3.33. The van der Waals surface area contributed by atoms with Crippen molar-refractivity contribution in [3.05, 3.63) is 78.5 Å². The molecule has 2 aromatic heterocycles. The van der Waals surface area contributed by atoms with Gasteiger partial charge in [-0.25, -0.2) is 4.98 Å². The number of benzene rings is 3. The van der Waals surface area contributed by atoms with Crippen LogP contribution in [0.15, 0.2) is 72.9 Å². The molecule has 1 aliphatic carbocycles. The Bertz CT molecular complexity index is 1680. The van der Waals surface area contributed by atoms with E-state index in [9.17, 15) is 10.1 Å². The quantitative estimate of drug-likeness (QED) is 0.333. The van der Waals surface area contributed by atoms with Crippen LogP contribution in [0, 0.1) is 23.2 Å². The zero-order valence-corrected chi connectivity index (χ0v) is 20.5. The summed E-state index contributed by atoms with van der Waals surface area (Å²) in [4.78, 5) is 23.0. The van der Waals surface area contributed by atoms with Crippen LogP contribution in [0.1, 0.15) is 24.8 Å². The van der Waals surface area contributed by atoms with Crippen LogP contribution in [0.5, 0.6) is 0 Å². The maximum absolute atomic E-state index is 12.6. The fourth-order valence-corrected chi connectivity index (χ4v) is 5.67. The van der Waals surface area contributed by atoms with Gasteiger partial charge in [-0.2, -0.15) is 5.26 Å². The molecule has 182 valence electrons. The summed E-state index contributed by atoms with van der Waals surface area (Å²) in [6.45, 7) is 2.41. The molecule has 0 bridgehead atoms. The van der Waals surface area contributed by atoms with Crippen molar-refractivity contribution in [2.24, 2.45) is 11.8 Å². The normalized spacial score (nSPS) is 17.5. The molecule has 1 aliphatic heterocycles. The van der Waals surface area contributed by atoms with Crippen LogP contribution in [0.2, 0.25) is 0 Å². The number of imidazole rings is 1. The largest absolute Gasteiger partial charge is 0.361 e. The van der Waals surface area contributed by atoms with Crippen molar-refractivity contribution in [2.75, 3.05) is 13.1 Å². The van der Waals surface area contributed by atoms with Crippen molar-refractivity contribution in [1.82, 2.24) is 19.4 Å². The summed E-state index contributed by atoms with van der Waals surface area (Å²) < 4.78 is 2.26. The number of nitriles is 1. The molecule has 37 heavy (non-hydrogen) atoms. The molecule has 1 unspecified atom stereocenters. The number of fused-ring (bicyclic) bond motifs is 2. The van der Waals surface area contributed by atoms with Crippen LogP contribution in [0.25, 0.3) is 44.5 Å². The summed E-state index contributed by atoms with van der Waals surface area (Å²) in [7, 11) is 0. The maximum Gasteiger partial charge on any atom is 0.225 e. The van der Waals surface area contributed by atoms with Crippen molar-refractivity contribution in [1.29, 1.82) is 5.26 Å². The van der Waals surface area contributed by atoms with E-state index in [0.29, 0.717) is 17.4 Å². The zero-order chi connectivity index (χ0) is 24.9. The second-order valence-electron chi connectivity index (χ2n) is 10.4. The van der Waals surface area contributed by atoms with E-state index < -0.39 is 0 Å². The van der Waals surface area contributed by atoms with E-state index in [1.54, 1.807) is 0 Å². The highest BCUT2D eigenvalue weighted by molar-refractivity contribution is 5.86. The minimum Gasteiger partial charge on any atom is -0.361 e. The van der Waals surface area contributed by atoms with E-state index in [0.717, 1.165) is 72.4 Å². The summed E-state index contributed by atoms with van der Waals surface area (Å²) in [5.41, 5.74) is 6.99. The lowest BCUT2D eigenvalue weighted by atomic mass is 10.0. The second kappa shape index (κ2) is 8.63. The molecule has 1 amide bonds. The van der Waals surface area contributed by atoms with Crippen molar-refractivity contribution >= 4 is 27.8 Å². The van der Waals surface area contributed by atoms with Crippen LogP contribution in [-0.4, -0.2) is 38.4 Å². The van der Waals surface area contributed by atoms with E-state index in [-0.39, 0.29) is 5.92 Å². The summed E-state index contributed by atoms with van der Waals surface area (Å²) in [6, 6.07) is 25.1. The van der Waals surface area contributed by atoms with Gasteiger partial charge in [-0.05, 0) is 72.0 Å². The molecule has 1 saturated heterocycles. The Balaban J connectivity index is 1.23. The van der Waals surface area contributed by atoms with Gasteiger partial charge < -0.3 is 14.5 Å². The number of hydrogen-bond donors (Lipinski definition) is 1. The lowest BCUT2D eigenvalue weighted by Gasteiger charge is -2.18. The standard InChI is InChI=1S/C31H27N5O/c32-17-20-1-10-27-29(15-20)36(19-21-12-14-35(18-21)31(37)25-7-8-25)30(34-27)24-5-2-22(3-6-24)26-9-4-23-11-13-33-28(23)16-26/h1-6,9-11,13,15-16,21,25,33H,7-8,12,14,18-19H2. The number of nitrogens with one attached hydrogen (secondary N) is 1. The number of carbonyl (C=O) groups excluding carboxylic acids is 1. The van der Waals surface area contributed by atoms with Gasteiger partial charge in [0.15, 0.2) is 0 Å². The Morgan fingerprint density at radius 1 is 0.973 bits per heavy atom. The van der Waals surface area contributed by atoms with Gasteiger partial charge in [0.25, 0.3) is 0 Å². The first-order valence-corrected chi connectivity index (χ1v) is 13.0. The summed E-state index contributed by atoms with van der Waals surface area (Å²) in [6.07, 6.45) is 5.05. The Kier molecular flexibility index (Phi) is 5.10. The third-order valence-electron chi connectivity index (χ3n) is 7.87. The molecule has 1 atom stereocenters. The van der Waals surface area contributed by atoms with E-state index >= 15 is 0 Å². The number of rotatable bonds is 5. The first-order chi connectivity index (χ1) is 18.2. The van der Waals surface area contributed by atoms with Gasteiger partial charge in [0.2, 0.25) is 5.91 Å². The number of carbonyl (C=O) groups is 1. The first-order valence-electron chi connectivity index (χ1n) is 13.0. The van der Waals surface area contributed by atoms with Crippen molar-refractivity contribution in [3.63, 3.8) is 0 Å². The molecule has 1 saturated carbocycles. The Hall–Kier alpha value is -4.37. The van der Waals surface area contributed by atoms with Crippen LogP contribution >= 0.6 is 0 Å². The predicted molar refractivity (Wildman–Crippen MR) is 145 cm³/mol. The first kappa shape index (κ1) is 21.9. The van der Waals surface area contributed by atoms with E-state index in [1.807, 2.05) is 24.4 Å². The highest BCUT2D eigenvalue weighted by Crippen LogP contribution is 2.34.